The highest BCUT2D eigenvalue weighted by molar-refractivity contribution is 5.86. The summed E-state index contributed by atoms with van der Waals surface area (Å²) in [6.45, 7) is 1.93. The molecule has 1 aliphatic heterocycles. The van der Waals surface area contributed by atoms with Gasteiger partial charge < -0.3 is 4.74 Å². The van der Waals surface area contributed by atoms with Gasteiger partial charge in [-0.15, -0.1) is 0 Å². The standard InChI is InChI=1S/C11H12O2/c1-8-7-10(12)11(13-8)9-5-3-2-4-6-9/h2-6,8,11H,7H2,1H3. The van der Waals surface area contributed by atoms with Crippen LogP contribution < -0.4 is 0 Å². The summed E-state index contributed by atoms with van der Waals surface area (Å²) in [6, 6.07) is 9.65. The van der Waals surface area contributed by atoms with E-state index in [0.717, 1.165) is 5.56 Å². The van der Waals surface area contributed by atoms with E-state index < -0.39 is 0 Å². The minimum Gasteiger partial charge on any atom is -0.362 e. The molecule has 2 heteroatoms. The molecule has 0 saturated carbocycles. The molecule has 1 aromatic rings. The predicted octanol–water partition coefficient (Wildman–Crippen LogP) is 2.11. The first kappa shape index (κ1) is 8.45. The molecule has 2 nitrogen and oxygen atoms in total. The Balaban J connectivity index is 2.23. The molecule has 0 aliphatic carbocycles. The summed E-state index contributed by atoms with van der Waals surface area (Å²) in [5, 5.41) is 0. The molecule has 2 unspecified atom stereocenters. The lowest BCUT2D eigenvalue weighted by atomic mass is 10.1. The van der Waals surface area contributed by atoms with E-state index in [1.54, 1.807) is 0 Å². The molecule has 0 amide bonds. The van der Waals surface area contributed by atoms with Crippen molar-refractivity contribution >= 4 is 5.78 Å². The molecule has 1 saturated heterocycles. The van der Waals surface area contributed by atoms with Gasteiger partial charge in [0.2, 0.25) is 0 Å². The Morgan fingerprint density at radius 2 is 2.00 bits per heavy atom. The molecule has 0 radical (unpaired) electrons. The van der Waals surface area contributed by atoms with Crippen LogP contribution in [-0.4, -0.2) is 11.9 Å². The van der Waals surface area contributed by atoms with Gasteiger partial charge in [0.1, 0.15) is 6.10 Å². The molecule has 0 N–H and O–H groups in total. The lowest BCUT2D eigenvalue weighted by molar-refractivity contribution is -0.122. The number of carbonyl (C=O) groups is 1. The van der Waals surface area contributed by atoms with Gasteiger partial charge in [-0.1, -0.05) is 30.3 Å². The van der Waals surface area contributed by atoms with Gasteiger partial charge >= 0.3 is 0 Å². The van der Waals surface area contributed by atoms with Crippen LogP contribution in [0.25, 0.3) is 0 Å². The first-order valence-electron chi connectivity index (χ1n) is 4.50. The Labute approximate surface area is 77.5 Å². The van der Waals surface area contributed by atoms with Crippen LogP contribution in [0.3, 0.4) is 0 Å². The van der Waals surface area contributed by atoms with Crippen molar-refractivity contribution in [3.8, 4) is 0 Å². The van der Waals surface area contributed by atoms with Crippen molar-refractivity contribution in [1.29, 1.82) is 0 Å². The predicted molar refractivity (Wildman–Crippen MR) is 49.4 cm³/mol. The molecule has 1 fully saturated rings. The molecular formula is C11H12O2. The average Bonchev–Trinajstić information content (AvgIpc) is 2.47. The van der Waals surface area contributed by atoms with Crippen LogP contribution >= 0.6 is 0 Å². The SMILES string of the molecule is CC1CC(=O)C(c2ccccc2)O1. The van der Waals surface area contributed by atoms with Crippen molar-refractivity contribution in [2.45, 2.75) is 25.6 Å². The Morgan fingerprint density at radius 3 is 2.54 bits per heavy atom. The van der Waals surface area contributed by atoms with Crippen LogP contribution in [0.15, 0.2) is 30.3 Å². The summed E-state index contributed by atoms with van der Waals surface area (Å²) < 4.78 is 5.51. The minimum absolute atomic E-state index is 0.0673. The number of benzene rings is 1. The van der Waals surface area contributed by atoms with E-state index in [9.17, 15) is 4.79 Å². The molecular weight excluding hydrogens is 164 g/mol. The van der Waals surface area contributed by atoms with Crippen LogP contribution in [0.5, 0.6) is 0 Å². The van der Waals surface area contributed by atoms with E-state index in [-0.39, 0.29) is 18.0 Å². The fourth-order valence-electron chi connectivity index (χ4n) is 1.64. The number of carbonyl (C=O) groups excluding carboxylic acids is 1. The molecule has 0 spiro atoms. The average molecular weight is 176 g/mol. The van der Waals surface area contributed by atoms with Crippen molar-refractivity contribution in [2.24, 2.45) is 0 Å². The number of hydrogen-bond donors (Lipinski definition) is 0. The topological polar surface area (TPSA) is 26.3 Å². The van der Waals surface area contributed by atoms with Crippen molar-refractivity contribution in [1.82, 2.24) is 0 Å². The molecule has 0 bridgehead atoms. The molecule has 13 heavy (non-hydrogen) atoms. The number of Topliss-reactive ketones (excluding diaryl/α,β-unsaturated/α-hetero) is 1. The zero-order chi connectivity index (χ0) is 9.26. The van der Waals surface area contributed by atoms with Gasteiger partial charge in [0, 0.05) is 6.42 Å². The monoisotopic (exact) mass is 176 g/mol. The molecule has 2 rings (SSSR count). The Hall–Kier alpha value is -1.15. The second-order valence-electron chi connectivity index (χ2n) is 3.41. The lowest BCUT2D eigenvalue weighted by Gasteiger charge is -2.08. The van der Waals surface area contributed by atoms with Crippen molar-refractivity contribution in [3.05, 3.63) is 35.9 Å². The summed E-state index contributed by atoms with van der Waals surface area (Å²) in [5.41, 5.74) is 0.969. The van der Waals surface area contributed by atoms with Gasteiger partial charge in [0.05, 0.1) is 6.10 Å². The minimum atomic E-state index is -0.323. The van der Waals surface area contributed by atoms with Crippen LogP contribution in [0.2, 0.25) is 0 Å². The molecule has 1 heterocycles. The Morgan fingerprint density at radius 1 is 1.31 bits per heavy atom. The summed E-state index contributed by atoms with van der Waals surface area (Å²) in [4.78, 5) is 11.5. The van der Waals surface area contributed by atoms with Gasteiger partial charge in [-0.05, 0) is 12.5 Å². The van der Waals surface area contributed by atoms with Crippen LogP contribution in [0, 0.1) is 0 Å². The van der Waals surface area contributed by atoms with Gasteiger partial charge in [0.25, 0.3) is 0 Å². The van der Waals surface area contributed by atoms with Crippen molar-refractivity contribution in [2.75, 3.05) is 0 Å². The van der Waals surface area contributed by atoms with Gasteiger partial charge in [-0.3, -0.25) is 4.79 Å². The normalized spacial score (nSPS) is 27.9. The number of ketones is 1. The highest BCUT2D eigenvalue weighted by atomic mass is 16.5. The van der Waals surface area contributed by atoms with E-state index in [1.807, 2.05) is 37.3 Å². The number of hydrogen-bond acceptors (Lipinski definition) is 2. The maximum absolute atomic E-state index is 11.5. The first-order valence-corrected chi connectivity index (χ1v) is 4.50. The maximum atomic E-state index is 11.5. The van der Waals surface area contributed by atoms with Crippen LogP contribution in [0.4, 0.5) is 0 Å². The summed E-state index contributed by atoms with van der Waals surface area (Å²) in [5.74, 6) is 0.193. The molecule has 0 aromatic heterocycles. The summed E-state index contributed by atoms with van der Waals surface area (Å²) in [7, 11) is 0. The molecule has 2 atom stereocenters. The summed E-state index contributed by atoms with van der Waals surface area (Å²) >= 11 is 0. The van der Waals surface area contributed by atoms with Gasteiger partial charge in [-0.2, -0.15) is 0 Å². The zero-order valence-corrected chi connectivity index (χ0v) is 7.57. The fourth-order valence-corrected chi connectivity index (χ4v) is 1.64. The Bertz CT molecular complexity index is 305. The van der Waals surface area contributed by atoms with Crippen molar-refractivity contribution in [3.63, 3.8) is 0 Å². The third kappa shape index (κ3) is 1.63. The zero-order valence-electron chi connectivity index (χ0n) is 7.57. The maximum Gasteiger partial charge on any atom is 0.168 e. The van der Waals surface area contributed by atoms with Crippen molar-refractivity contribution < 1.29 is 9.53 Å². The first-order chi connectivity index (χ1) is 6.27. The number of ether oxygens (including phenoxy) is 1. The fraction of sp³-hybridized carbons (Fsp3) is 0.364. The highest BCUT2D eigenvalue weighted by Crippen LogP contribution is 2.28. The van der Waals surface area contributed by atoms with E-state index >= 15 is 0 Å². The van der Waals surface area contributed by atoms with E-state index in [4.69, 9.17) is 4.74 Å². The van der Waals surface area contributed by atoms with Crippen LogP contribution in [-0.2, 0) is 9.53 Å². The lowest BCUT2D eigenvalue weighted by Crippen LogP contribution is -2.05. The van der Waals surface area contributed by atoms with E-state index in [1.165, 1.54) is 0 Å². The Kier molecular flexibility index (Phi) is 2.15. The smallest absolute Gasteiger partial charge is 0.168 e. The van der Waals surface area contributed by atoms with E-state index in [2.05, 4.69) is 0 Å². The molecule has 1 aliphatic rings. The highest BCUT2D eigenvalue weighted by Gasteiger charge is 2.31. The summed E-state index contributed by atoms with van der Waals surface area (Å²) in [6.07, 6.45) is 0.286. The second kappa shape index (κ2) is 3.30. The van der Waals surface area contributed by atoms with Crippen LogP contribution in [0.1, 0.15) is 25.0 Å². The third-order valence-electron chi connectivity index (χ3n) is 2.25. The quantitative estimate of drug-likeness (QED) is 0.655. The van der Waals surface area contributed by atoms with E-state index in [0.29, 0.717) is 6.42 Å². The largest absolute Gasteiger partial charge is 0.362 e. The number of rotatable bonds is 1. The third-order valence-corrected chi connectivity index (χ3v) is 2.25. The second-order valence-corrected chi connectivity index (χ2v) is 3.41. The molecule has 1 aromatic carbocycles. The molecule has 68 valence electrons. The van der Waals surface area contributed by atoms with Gasteiger partial charge in [0.15, 0.2) is 5.78 Å². The van der Waals surface area contributed by atoms with Gasteiger partial charge in [-0.25, -0.2) is 0 Å².